The number of nitrogens with two attached hydrogens (primary N) is 1. The molecule has 1 rings (SSSR count). The lowest BCUT2D eigenvalue weighted by Gasteiger charge is -2.32. The molecule has 14 heavy (non-hydrogen) atoms. The molecule has 0 aliphatic rings. The van der Waals surface area contributed by atoms with E-state index < -0.39 is 0 Å². The molecule has 4 nitrogen and oxygen atoms in total. The molecule has 0 fully saturated rings. The van der Waals surface area contributed by atoms with Gasteiger partial charge in [-0.3, -0.25) is 4.98 Å². The lowest BCUT2D eigenvalue weighted by atomic mass is 10.2. The number of hydrogen-bond donors (Lipinski definition) is 1. The van der Waals surface area contributed by atoms with Crippen LogP contribution in [-0.4, -0.2) is 28.6 Å². The molecule has 0 radical (unpaired) electrons. The Morgan fingerprint density at radius 1 is 1.36 bits per heavy atom. The van der Waals surface area contributed by atoms with Crippen LogP contribution in [0.5, 0.6) is 0 Å². The Morgan fingerprint density at radius 3 is 2.50 bits per heavy atom. The van der Waals surface area contributed by atoms with Crippen molar-refractivity contribution in [1.82, 2.24) is 9.97 Å². The summed E-state index contributed by atoms with van der Waals surface area (Å²) in [6, 6.07) is 0.664. The Hall–Kier alpha value is -1.16. The van der Waals surface area contributed by atoms with Crippen molar-refractivity contribution in [2.45, 2.75) is 32.9 Å². The summed E-state index contributed by atoms with van der Waals surface area (Å²) < 4.78 is 0. The van der Waals surface area contributed by atoms with E-state index in [1.54, 1.807) is 18.6 Å². The zero-order chi connectivity index (χ0) is 10.6. The Bertz CT molecular complexity index is 260. The van der Waals surface area contributed by atoms with Crippen LogP contribution in [0.25, 0.3) is 0 Å². The summed E-state index contributed by atoms with van der Waals surface area (Å²) in [7, 11) is 0. The summed E-state index contributed by atoms with van der Waals surface area (Å²) in [5.41, 5.74) is 5.66. The van der Waals surface area contributed by atoms with Gasteiger partial charge in [0, 0.05) is 31.0 Å². The maximum absolute atomic E-state index is 5.66. The molecule has 0 spiro atoms. The van der Waals surface area contributed by atoms with Crippen molar-refractivity contribution in [3.05, 3.63) is 18.6 Å². The summed E-state index contributed by atoms with van der Waals surface area (Å²) in [4.78, 5) is 10.5. The predicted molar refractivity (Wildman–Crippen MR) is 58.2 cm³/mol. The highest BCUT2D eigenvalue weighted by atomic mass is 15.2. The third-order valence-corrected chi connectivity index (χ3v) is 2.19. The monoisotopic (exact) mass is 194 g/mol. The predicted octanol–water partition coefficient (Wildman–Crippen LogP) is 1.04. The average Bonchev–Trinajstić information content (AvgIpc) is 2.19. The number of hydrogen-bond acceptors (Lipinski definition) is 4. The first-order valence-corrected chi connectivity index (χ1v) is 4.91. The molecule has 1 aromatic rings. The molecule has 4 heteroatoms. The highest BCUT2D eigenvalue weighted by Gasteiger charge is 2.17. The summed E-state index contributed by atoms with van der Waals surface area (Å²) >= 11 is 0. The molecule has 0 amide bonds. The van der Waals surface area contributed by atoms with E-state index in [1.165, 1.54) is 0 Å². The van der Waals surface area contributed by atoms with Crippen LogP contribution in [-0.2, 0) is 0 Å². The van der Waals surface area contributed by atoms with Crippen molar-refractivity contribution < 1.29 is 0 Å². The van der Waals surface area contributed by atoms with Gasteiger partial charge in [0.05, 0.1) is 6.20 Å². The fourth-order valence-corrected chi connectivity index (χ4v) is 1.54. The van der Waals surface area contributed by atoms with Crippen molar-refractivity contribution in [2.75, 3.05) is 11.4 Å². The lowest BCUT2D eigenvalue weighted by Crippen LogP contribution is -2.43. The maximum atomic E-state index is 5.66. The van der Waals surface area contributed by atoms with Crippen molar-refractivity contribution in [1.29, 1.82) is 0 Å². The van der Waals surface area contributed by atoms with Crippen LogP contribution in [0.1, 0.15) is 20.8 Å². The molecule has 2 N–H and O–H groups in total. The molecule has 0 aliphatic carbocycles. The van der Waals surface area contributed by atoms with Crippen LogP contribution in [0.2, 0.25) is 0 Å². The van der Waals surface area contributed by atoms with Gasteiger partial charge < -0.3 is 10.6 Å². The van der Waals surface area contributed by atoms with Crippen LogP contribution in [0, 0.1) is 0 Å². The standard InChI is InChI=1S/C10H18N4/c1-8(2)14(9(3)6-11)10-7-12-4-5-13-10/h4-5,7-9H,6,11H2,1-3H3. The van der Waals surface area contributed by atoms with E-state index in [0.29, 0.717) is 12.6 Å². The molecular weight excluding hydrogens is 176 g/mol. The number of aromatic nitrogens is 2. The molecule has 0 saturated carbocycles. The van der Waals surface area contributed by atoms with Crippen molar-refractivity contribution in [3.63, 3.8) is 0 Å². The molecule has 0 aromatic carbocycles. The molecule has 0 saturated heterocycles. The topological polar surface area (TPSA) is 55.0 Å². The molecule has 0 aliphatic heterocycles. The first kappa shape index (κ1) is 10.9. The second kappa shape index (κ2) is 4.91. The van der Waals surface area contributed by atoms with Crippen molar-refractivity contribution in [3.8, 4) is 0 Å². The maximum Gasteiger partial charge on any atom is 0.147 e. The highest BCUT2D eigenvalue weighted by molar-refractivity contribution is 5.37. The number of anilines is 1. The van der Waals surface area contributed by atoms with Gasteiger partial charge in [-0.1, -0.05) is 0 Å². The Morgan fingerprint density at radius 2 is 2.07 bits per heavy atom. The number of nitrogens with zero attached hydrogens (tertiary/aromatic N) is 3. The largest absolute Gasteiger partial charge is 0.349 e. The first-order chi connectivity index (χ1) is 6.66. The van der Waals surface area contributed by atoms with Crippen LogP contribution < -0.4 is 10.6 Å². The molecule has 1 heterocycles. The van der Waals surface area contributed by atoms with E-state index in [9.17, 15) is 0 Å². The zero-order valence-electron chi connectivity index (χ0n) is 9.01. The second-order valence-corrected chi connectivity index (χ2v) is 3.65. The van der Waals surface area contributed by atoms with Gasteiger partial charge in [0.1, 0.15) is 5.82 Å². The summed E-state index contributed by atoms with van der Waals surface area (Å²) in [6.07, 6.45) is 5.15. The summed E-state index contributed by atoms with van der Waals surface area (Å²) in [5, 5.41) is 0. The quantitative estimate of drug-likeness (QED) is 0.778. The summed E-state index contributed by atoms with van der Waals surface area (Å²) in [5.74, 6) is 0.889. The Labute approximate surface area is 85.2 Å². The minimum absolute atomic E-state index is 0.284. The third-order valence-electron chi connectivity index (χ3n) is 2.19. The molecular formula is C10H18N4. The van der Waals surface area contributed by atoms with Gasteiger partial charge >= 0.3 is 0 Å². The van der Waals surface area contributed by atoms with E-state index in [2.05, 4.69) is 35.6 Å². The SMILES string of the molecule is CC(C)N(c1cnccn1)C(C)CN. The van der Waals surface area contributed by atoms with E-state index in [4.69, 9.17) is 5.73 Å². The molecule has 0 bridgehead atoms. The summed E-state index contributed by atoms with van der Waals surface area (Å²) in [6.45, 7) is 6.96. The molecule has 1 atom stereocenters. The lowest BCUT2D eigenvalue weighted by molar-refractivity contribution is 0.573. The van der Waals surface area contributed by atoms with E-state index in [1.807, 2.05) is 0 Å². The highest BCUT2D eigenvalue weighted by Crippen LogP contribution is 2.14. The van der Waals surface area contributed by atoms with Crippen LogP contribution in [0.4, 0.5) is 5.82 Å². The molecule has 1 aromatic heterocycles. The van der Waals surface area contributed by atoms with Gasteiger partial charge in [-0.05, 0) is 20.8 Å². The van der Waals surface area contributed by atoms with E-state index in [0.717, 1.165) is 5.82 Å². The van der Waals surface area contributed by atoms with Crippen molar-refractivity contribution in [2.24, 2.45) is 5.73 Å². The van der Waals surface area contributed by atoms with Gasteiger partial charge in [-0.25, -0.2) is 4.98 Å². The van der Waals surface area contributed by atoms with Gasteiger partial charge in [0.2, 0.25) is 0 Å². The fraction of sp³-hybridized carbons (Fsp3) is 0.600. The normalized spacial score (nSPS) is 12.9. The molecule has 1 unspecified atom stereocenters. The van der Waals surface area contributed by atoms with Crippen molar-refractivity contribution >= 4 is 5.82 Å². The Balaban J connectivity index is 2.89. The minimum Gasteiger partial charge on any atom is -0.349 e. The van der Waals surface area contributed by atoms with E-state index in [-0.39, 0.29) is 6.04 Å². The Kier molecular flexibility index (Phi) is 3.83. The van der Waals surface area contributed by atoms with Crippen LogP contribution in [0.3, 0.4) is 0 Å². The zero-order valence-corrected chi connectivity index (χ0v) is 9.01. The smallest absolute Gasteiger partial charge is 0.147 e. The first-order valence-electron chi connectivity index (χ1n) is 4.91. The number of rotatable bonds is 4. The second-order valence-electron chi connectivity index (χ2n) is 3.65. The average molecular weight is 194 g/mol. The van der Waals surface area contributed by atoms with Crippen LogP contribution >= 0.6 is 0 Å². The van der Waals surface area contributed by atoms with Gasteiger partial charge in [-0.2, -0.15) is 0 Å². The third kappa shape index (κ3) is 2.42. The van der Waals surface area contributed by atoms with Gasteiger partial charge in [-0.15, -0.1) is 0 Å². The van der Waals surface area contributed by atoms with Crippen LogP contribution in [0.15, 0.2) is 18.6 Å². The van der Waals surface area contributed by atoms with Gasteiger partial charge in [0.25, 0.3) is 0 Å². The van der Waals surface area contributed by atoms with Gasteiger partial charge in [0.15, 0.2) is 0 Å². The molecule has 78 valence electrons. The minimum atomic E-state index is 0.284. The van der Waals surface area contributed by atoms with E-state index >= 15 is 0 Å². The fourth-order valence-electron chi connectivity index (χ4n) is 1.54.